The van der Waals surface area contributed by atoms with Crippen molar-refractivity contribution in [1.29, 1.82) is 0 Å². The number of alkyl halides is 1. The molecule has 0 spiro atoms. The number of hydrogen-bond donors (Lipinski definition) is 0. The van der Waals surface area contributed by atoms with E-state index in [9.17, 15) is 10.1 Å². The van der Waals surface area contributed by atoms with Crippen molar-refractivity contribution in [2.75, 3.05) is 0 Å². The third-order valence-electron chi connectivity index (χ3n) is 2.89. The van der Waals surface area contributed by atoms with E-state index in [0.29, 0.717) is 17.0 Å². The van der Waals surface area contributed by atoms with Crippen LogP contribution >= 0.6 is 50.1 Å². The topological polar surface area (TPSA) is 43.1 Å². The molecule has 0 saturated heterocycles. The number of rotatable bonds is 4. The standard InChI is InChI=1S/C14H10BrClINO2/c15-11(9-5-6-13(17)12(16)8-9)7-10-3-1-2-4-14(10)18(19)20/h1-6,8,11H,7H2. The van der Waals surface area contributed by atoms with Crippen molar-refractivity contribution in [3.8, 4) is 0 Å². The Morgan fingerprint density at radius 1 is 1.30 bits per heavy atom. The van der Waals surface area contributed by atoms with Crippen molar-refractivity contribution in [1.82, 2.24) is 0 Å². The fourth-order valence-electron chi connectivity index (χ4n) is 1.88. The molecule has 2 aromatic rings. The maximum Gasteiger partial charge on any atom is 0.272 e. The maximum absolute atomic E-state index is 11.0. The minimum absolute atomic E-state index is 0.0156. The average molecular weight is 466 g/mol. The van der Waals surface area contributed by atoms with E-state index in [1.807, 2.05) is 24.3 Å². The number of hydrogen-bond acceptors (Lipinski definition) is 2. The summed E-state index contributed by atoms with van der Waals surface area (Å²) in [6, 6.07) is 12.6. The number of nitro groups is 1. The highest BCUT2D eigenvalue weighted by atomic mass is 127. The van der Waals surface area contributed by atoms with Gasteiger partial charge in [-0.25, -0.2) is 0 Å². The van der Waals surface area contributed by atoms with Gasteiger partial charge in [0.2, 0.25) is 0 Å². The zero-order valence-electron chi connectivity index (χ0n) is 10.2. The van der Waals surface area contributed by atoms with Gasteiger partial charge < -0.3 is 0 Å². The van der Waals surface area contributed by atoms with Crippen LogP contribution in [0.1, 0.15) is 16.0 Å². The zero-order chi connectivity index (χ0) is 14.7. The molecule has 1 unspecified atom stereocenters. The molecule has 2 rings (SSSR count). The van der Waals surface area contributed by atoms with Crippen LogP contribution in [0.3, 0.4) is 0 Å². The first-order valence-corrected chi connectivity index (χ1v) is 8.17. The van der Waals surface area contributed by atoms with E-state index in [2.05, 4.69) is 38.5 Å². The van der Waals surface area contributed by atoms with Crippen molar-refractivity contribution in [2.45, 2.75) is 11.2 Å². The highest BCUT2D eigenvalue weighted by Gasteiger charge is 2.17. The zero-order valence-corrected chi connectivity index (χ0v) is 14.7. The molecular formula is C14H10BrClINO2. The molecule has 0 heterocycles. The summed E-state index contributed by atoms with van der Waals surface area (Å²) in [6.07, 6.45) is 0.536. The molecule has 0 bridgehead atoms. The normalized spacial score (nSPS) is 12.2. The van der Waals surface area contributed by atoms with E-state index in [1.54, 1.807) is 12.1 Å². The second-order valence-electron chi connectivity index (χ2n) is 4.23. The average Bonchev–Trinajstić information content (AvgIpc) is 2.42. The molecule has 2 aromatic carbocycles. The van der Waals surface area contributed by atoms with Gasteiger partial charge in [0.15, 0.2) is 0 Å². The number of nitrogens with zero attached hydrogens (tertiary/aromatic N) is 1. The summed E-state index contributed by atoms with van der Waals surface area (Å²) in [5.41, 5.74) is 1.86. The van der Waals surface area contributed by atoms with Gasteiger partial charge in [0.25, 0.3) is 5.69 Å². The van der Waals surface area contributed by atoms with Crippen LogP contribution in [0, 0.1) is 13.7 Å². The van der Waals surface area contributed by atoms with Crippen LogP contribution in [0.2, 0.25) is 5.02 Å². The molecule has 6 heteroatoms. The Hall–Kier alpha value is -0.660. The van der Waals surface area contributed by atoms with Crippen molar-refractivity contribution in [2.24, 2.45) is 0 Å². The molecule has 1 atom stereocenters. The molecule has 0 fully saturated rings. The first-order chi connectivity index (χ1) is 9.49. The molecule has 0 aliphatic rings. The van der Waals surface area contributed by atoms with Gasteiger partial charge in [0.1, 0.15) is 0 Å². The molecule has 20 heavy (non-hydrogen) atoms. The number of halogens is 3. The largest absolute Gasteiger partial charge is 0.272 e. The lowest BCUT2D eigenvalue weighted by molar-refractivity contribution is -0.385. The molecule has 0 aliphatic heterocycles. The summed E-state index contributed by atoms with van der Waals surface area (Å²) in [5, 5.41) is 11.7. The van der Waals surface area contributed by atoms with Crippen LogP contribution in [0.15, 0.2) is 42.5 Å². The summed E-state index contributed by atoms with van der Waals surface area (Å²) in [4.78, 5) is 10.6. The minimum atomic E-state index is -0.351. The first kappa shape index (κ1) is 15.7. The minimum Gasteiger partial charge on any atom is -0.258 e. The summed E-state index contributed by atoms with van der Waals surface area (Å²) in [5.74, 6) is 0. The van der Waals surface area contributed by atoms with Gasteiger partial charge in [0, 0.05) is 20.0 Å². The second-order valence-corrected chi connectivity index (χ2v) is 6.91. The second kappa shape index (κ2) is 6.87. The summed E-state index contributed by atoms with van der Waals surface area (Å²) >= 11 is 11.9. The fraction of sp³-hybridized carbons (Fsp3) is 0.143. The lowest BCUT2D eigenvalue weighted by atomic mass is 10.0. The SMILES string of the molecule is O=[N+]([O-])c1ccccc1CC(Br)c1ccc(I)c(Cl)c1. The van der Waals surface area contributed by atoms with Crippen LogP contribution in [-0.2, 0) is 6.42 Å². The van der Waals surface area contributed by atoms with Crippen molar-refractivity contribution in [3.05, 3.63) is 72.3 Å². The van der Waals surface area contributed by atoms with Crippen molar-refractivity contribution in [3.63, 3.8) is 0 Å². The van der Waals surface area contributed by atoms with E-state index in [0.717, 1.165) is 9.13 Å². The van der Waals surface area contributed by atoms with E-state index < -0.39 is 0 Å². The molecule has 0 radical (unpaired) electrons. The highest BCUT2D eigenvalue weighted by Crippen LogP contribution is 2.33. The van der Waals surface area contributed by atoms with Crippen molar-refractivity contribution < 1.29 is 4.92 Å². The van der Waals surface area contributed by atoms with Crippen LogP contribution in [-0.4, -0.2) is 4.92 Å². The van der Waals surface area contributed by atoms with E-state index in [1.165, 1.54) is 6.07 Å². The quantitative estimate of drug-likeness (QED) is 0.257. The Balaban J connectivity index is 2.25. The molecule has 104 valence electrons. The Kier molecular flexibility index (Phi) is 5.40. The Morgan fingerprint density at radius 2 is 2.00 bits per heavy atom. The lowest BCUT2D eigenvalue weighted by Crippen LogP contribution is -2.00. The molecule has 3 nitrogen and oxygen atoms in total. The molecule has 0 aliphatic carbocycles. The van der Waals surface area contributed by atoms with Gasteiger partial charge >= 0.3 is 0 Å². The van der Waals surface area contributed by atoms with Gasteiger partial charge in [-0.2, -0.15) is 0 Å². The van der Waals surface area contributed by atoms with Gasteiger partial charge in [-0.3, -0.25) is 10.1 Å². The summed E-state index contributed by atoms with van der Waals surface area (Å²) in [7, 11) is 0. The monoisotopic (exact) mass is 465 g/mol. The summed E-state index contributed by atoms with van der Waals surface area (Å²) < 4.78 is 0.985. The number of nitro benzene ring substituents is 1. The molecular weight excluding hydrogens is 456 g/mol. The third kappa shape index (κ3) is 3.71. The van der Waals surface area contributed by atoms with Gasteiger partial charge in [0.05, 0.1) is 9.95 Å². The summed E-state index contributed by atoms with van der Waals surface area (Å²) in [6.45, 7) is 0. The number of para-hydroxylation sites is 1. The molecule has 0 N–H and O–H groups in total. The van der Waals surface area contributed by atoms with E-state index >= 15 is 0 Å². The number of benzene rings is 2. The van der Waals surface area contributed by atoms with E-state index in [4.69, 9.17) is 11.6 Å². The predicted molar refractivity (Wildman–Crippen MR) is 92.6 cm³/mol. The van der Waals surface area contributed by atoms with E-state index in [-0.39, 0.29) is 15.4 Å². The fourth-order valence-corrected chi connectivity index (χ4v) is 3.04. The highest BCUT2D eigenvalue weighted by molar-refractivity contribution is 14.1. The van der Waals surface area contributed by atoms with Gasteiger partial charge in [-0.05, 0) is 46.7 Å². The lowest BCUT2D eigenvalue weighted by Gasteiger charge is -2.11. The third-order valence-corrected chi connectivity index (χ3v) is 5.32. The maximum atomic E-state index is 11.0. The smallest absolute Gasteiger partial charge is 0.258 e. The van der Waals surface area contributed by atoms with Crippen LogP contribution < -0.4 is 0 Å². The molecule has 0 amide bonds. The Morgan fingerprint density at radius 3 is 2.65 bits per heavy atom. The van der Waals surface area contributed by atoms with Crippen molar-refractivity contribution >= 4 is 55.8 Å². The predicted octanol–water partition coefficient (Wildman–Crippen LogP) is 5.53. The Labute approximate surface area is 143 Å². The first-order valence-electron chi connectivity index (χ1n) is 5.80. The Bertz CT molecular complexity index is 651. The van der Waals surface area contributed by atoms with Crippen LogP contribution in [0.25, 0.3) is 0 Å². The van der Waals surface area contributed by atoms with Crippen LogP contribution in [0.5, 0.6) is 0 Å². The van der Waals surface area contributed by atoms with Gasteiger partial charge in [-0.1, -0.05) is 51.8 Å². The van der Waals surface area contributed by atoms with Gasteiger partial charge in [-0.15, -0.1) is 0 Å². The molecule has 0 saturated carbocycles. The van der Waals surface area contributed by atoms with Crippen LogP contribution in [0.4, 0.5) is 5.69 Å². The molecule has 0 aromatic heterocycles.